The molecular formula is C22H29N9O3. The van der Waals surface area contributed by atoms with Crippen molar-refractivity contribution >= 4 is 29.0 Å². The van der Waals surface area contributed by atoms with Crippen LogP contribution in [-0.2, 0) is 11.3 Å². The van der Waals surface area contributed by atoms with Gasteiger partial charge in [-0.2, -0.15) is 15.0 Å². The van der Waals surface area contributed by atoms with Gasteiger partial charge in [0.15, 0.2) is 0 Å². The first-order chi connectivity index (χ1) is 16.5. The van der Waals surface area contributed by atoms with Crippen molar-refractivity contribution in [1.29, 1.82) is 0 Å². The summed E-state index contributed by atoms with van der Waals surface area (Å²) < 4.78 is 7.29. The van der Waals surface area contributed by atoms with Crippen molar-refractivity contribution < 1.29 is 14.6 Å². The number of para-hydroxylation sites is 2. The van der Waals surface area contributed by atoms with Gasteiger partial charge >= 0.3 is 6.03 Å². The first-order valence-electron chi connectivity index (χ1n) is 11.4. The van der Waals surface area contributed by atoms with E-state index in [0.29, 0.717) is 76.2 Å². The van der Waals surface area contributed by atoms with E-state index in [0.717, 1.165) is 11.0 Å². The number of imidazole rings is 1. The van der Waals surface area contributed by atoms with Crippen molar-refractivity contribution in [3.05, 3.63) is 30.1 Å². The summed E-state index contributed by atoms with van der Waals surface area (Å²) in [5.74, 6) is 1.99. The number of carbonyl (C=O) groups excluding carboxylic acids is 1. The van der Waals surface area contributed by atoms with Crippen molar-refractivity contribution in [2.24, 2.45) is 0 Å². The summed E-state index contributed by atoms with van der Waals surface area (Å²) in [5.41, 5.74) is 1.58. The average Bonchev–Trinajstić information content (AvgIpc) is 3.27. The minimum absolute atomic E-state index is 0.00228. The summed E-state index contributed by atoms with van der Waals surface area (Å²) in [5, 5.41) is 10.0. The van der Waals surface area contributed by atoms with Crippen LogP contribution in [-0.4, -0.2) is 112 Å². The number of hydrogen-bond acceptors (Lipinski definition) is 9. The van der Waals surface area contributed by atoms with Crippen LogP contribution in [0.4, 0.5) is 16.7 Å². The van der Waals surface area contributed by atoms with E-state index >= 15 is 0 Å². The Bertz CT molecular complexity index is 1170. The Hall–Kier alpha value is -3.51. The third-order valence-electron chi connectivity index (χ3n) is 6.08. The molecule has 3 aromatic rings. The molecule has 0 unspecified atom stereocenters. The van der Waals surface area contributed by atoms with Crippen LogP contribution in [0.3, 0.4) is 0 Å². The first-order valence-corrected chi connectivity index (χ1v) is 11.4. The fourth-order valence-electron chi connectivity index (χ4n) is 4.28. The highest BCUT2D eigenvalue weighted by atomic mass is 16.5. The van der Waals surface area contributed by atoms with Crippen molar-refractivity contribution in [1.82, 2.24) is 34.3 Å². The molecule has 2 aromatic heterocycles. The molecule has 0 spiro atoms. The number of rotatable bonds is 4. The lowest BCUT2D eigenvalue weighted by Crippen LogP contribution is -2.52. The molecule has 2 amide bonds. The second kappa shape index (κ2) is 9.39. The predicted octanol–water partition coefficient (Wildman–Crippen LogP) is 0.343. The van der Waals surface area contributed by atoms with E-state index in [1.807, 2.05) is 29.2 Å². The summed E-state index contributed by atoms with van der Waals surface area (Å²) in [7, 11) is 3.52. The average molecular weight is 468 g/mol. The first kappa shape index (κ1) is 22.3. The number of aliphatic hydroxyl groups excluding tert-OH is 1. The van der Waals surface area contributed by atoms with Gasteiger partial charge in [0.2, 0.25) is 17.8 Å². The molecule has 5 rings (SSSR count). The van der Waals surface area contributed by atoms with Crippen LogP contribution < -0.4 is 9.80 Å². The highest BCUT2D eigenvalue weighted by molar-refractivity contribution is 5.77. The van der Waals surface area contributed by atoms with Crippen molar-refractivity contribution in [2.75, 3.05) is 76.4 Å². The number of ether oxygens (including phenoxy) is 1. The minimum atomic E-state index is -0.242. The monoisotopic (exact) mass is 467 g/mol. The quantitative estimate of drug-likeness (QED) is 0.580. The molecule has 2 saturated heterocycles. The van der Waals surface area contributed by atoms with Gasteiger partial charge in [-0.25, -0.2) is 9.78 Å². The Kier molecular flexibility index (Phi) is 6.16. The molecule has 0 saturated carbocycles. The highest BCUT2D eigenvalue weighted by Gasteiger charge is 2.26. The van der Waals surface area contributed by atoms with Crippen LogP contribution in [0.5, 0.6) is 0 Å². The van der Waals surface area contributed by atoms with E-state index < -0.39 is 0 Å². The maximum absolute atomic E-state index is 12.3. The van der Waals surface area contributed by atoms with Crippen LogP contribution >= 0.6 is 0 Å². The number of aromatic nitrogens is 5. The summed E-state index contributed by atoms with van der Waals surface area (Å²) in [6.45, 7) is 4.74. The van der Waals surface area contributed by atoms with Crippen LogP contribution in [0.25, 0.3) is 17.0 Å². The molecule has 0 atom stereocenters. The number of urea groups is 1. The zero-order valence-corrected chi connectivity index (χ0v) is 19.5. The molecule has 0 aliphatic carbocycles. The number of aliphatic hydroxyl groups is 1. The molecule has 180 valence electrons. The molecule has 1 aromatic carbocycles. The lowest BCUT2D eigenvalue weighted by Gasteiger charge is -2.36. The van der Waals surface area contributed by atoms with Gasteiger partial charge < -0.3 is 29.4 Å². The van der Waals surface area contributed by atoms with E-state index in [4.69, 9.17) is 19.7 Å². The Morgan fingerprint density at radius 2 is 1.53 bits per heavy atom. The van der Waals surface area contributed by atoms with E-state index in [2.05, 4.69) is 14.8 Å². The van der Waals surface area contributed by atoms with Crippen molar-refractivity contribution in [3.8, 4) is 5.95 Å². The molecule has 12 heteroatoms. The molecule has 0 radical (unpaired) electrons. The molecular weight excluding hydrogens is 438 g/mol. The number of nitrogens with zero attached hydrogens (tertiary/aromatic N) is 9. The standard InChI is InChI=1S/C22H29N9O3/c1-27(2)22(33)30-9-7-28(8-10-30)19-24-20(29-11-13-34-14-12-29)26-21(25-19)31-17-6-4-3-5-16(17)23-18(31)15-32/h3-6,32H,7-15H2,1-2H3. The molecule has 2 fully saturated rings. The number of benzene rings is 1. The van der Waals surface area contributed by atoms with E-state index in [-0.39, 0.29) is 12.6 Å². The third kappa shape index (κ3) is 4.21. The van der Waals surface area contributed by atoms with Gasteiger partial charge in [0.1, 0.15) is 12.4 Å². The lowest BCUT2D eigenvalue weighted by atomic mass is 10.3. The topological polar surface area (TPSA) is 116 Å². The second-order valence-corrected chi connectivity index (χ2v) is 8.50. The fourth-order valence-corrected chi connectivity index (χ4v) is 4.28. The molecule has 1 N–H and O–H groups in total. The Morgan fingerprint density at radius 1 is 0.912 bits per heavy atom. The fraction of sp³-hybridized carbons (Fsp3) is 0.500. The van der Waals surface area contributed by atoms with Gasteiger partial charge in [-0.3, -0.25) is 4.57 Å². The number of fused-ring (bicyclic) bond motifs is 1. The predicted molar refractivity (Wildman–Crippen MR) is 126 cm³/mol. The Morgan fingerprint density at radius 3 is 2.18 bits per heavy atom. The van der Waals surface area contributed by atoms with Crippen LogP contribution in [0.2, 0.25) is 0 Å². The summed E-state index contributed by atoms with van der Waals surface area (Å²) in [6.07, 6.45) is 0. The van der Waals surface area contributed by atoms with Crippen molar-refractivity contribution in [2.45, 2.75) is 6.61 Å². The second-order valence-electron chi connectivity index (χ2n) is 8.50. The maximum Gasteiger partial charge on any atom is 0.319 e. The van der Waals surface area contributed by atoms with E-state index in [1.54, 1.807) is 23.6 Å². The van der Waals surface area contributed by atoms with Gasteiger partial charge in [-0.05, 0) is 12.1 Å². The summed E-state index contributed by atoms with van der Waals surface area (Å²) >= 11 is 0. The number of hydrogen-bond donors (Lipinski definition) is 1. The van der Waals surface area contributed by atoms with Gasteiger partial charge in [-0.1, -0.05) is 12.1 Å². The highest BCUT2D eigenvalue weighted by Crippen LogP contribution is 2.24. The third-order valence-corrected chi connectivity index (χ3v) is 6.08. The van der Waals surface area contributed by atoms with Crippen LogP contribution in [0, 0.1) is 0 Å². The van der Waals surface area contributed by atoms with E-state index in [1.165, 1.54) is 0 Å². The SMILES string of the molecule is CN(C)C(=O)N1CCN(c2nc(N3CCOCC3)nc(-n3c(CO)nc4ccccc43)n2)CC1. The molecule has 2 aliphatic heterocycles. The maximum atomic E-state index is 12.3. The molecule has 34 heavy (non-hydrogen) atoms. The molecule has 0 bridgehead atoms. The zero-order valence-electron chi connectivity index (χ0n) is 19.5. The summed E-state index contributed by atoms with van der Waals surface area (Å²) in [4.78, 5) is 38.9. The van der Waals surface area contributed by atoms with Gasteiger partial charge in [0.25, 0.3) is 0 Å². The summed E-state index contributed by atoms with van der Waals surface area (Å²) in [6, 6.07) is 7.67. The number of anilines is 2. The smallest absolute Gasteiger partial charge is 0.319 e. The number of piperazine rings is 1. The normalized spacial score (nSPS) is 16.9. The number of amides is 2. The largest absolute Gasteiger partial charge is 0.388 e. The lowest BCUT2D eigenvalue weighted by molar-refractivity contribution is 0.122. The zero-order chi connectivity index (χ0) is 23.7. The molecule has 12 nitrogen and oxygen atoms in total. The van der Waals surface area contributed by atoms with Gasteiger partial charge in [0.05, 0.1) is 24.2 Å². The Labute approximate surface area is 197 Å². The number of carbonyl (C=O) groups is 1. The van der Waals surface area contributed by atoms with Crippen LogP contribution in [0.15, 0.2) is 24.3 Å². The van der Waals surface area contributed by atoms with Gasteiger partial charge in [-0.15, -0.1) is 0 Å². The van der Waals surface area contributed by atoms with Gasteiger partial charge in [0, 0.05) is 53.4 Å². The van der Waals surface area contributed by atoms with Crippen molar-refractivity contribution in [3.63, 3.8) is 0 Å². The molecule has 2 aliphatic rings. The Balaban J connectivity index is 1.53. The number of morpholine rings is 1. The molecule has 4 heterocycles. The van der Waals surface area contributed by atoms with E-state index in [9.17, 15) is 9.90 Å². The van der Waals surface area contributed by atoms with Crippen LogP contribution in [0.1, 0.15) is 5.82 Å². The minimum Gasteiger partial charge on any atom is -0.388 e.